The summed E-state index contributed by atoms with van der Waals surface area (Å²) in [5.41, 5.74) is 1.88. The van der Waals surface area contributed by atoms with E-state index in [9.17, 15) is 0 Å². The summed E-state index contributed by atoms with van der Waals surface area (Å²) in [5, 5.41) is 3.47. The van der Waals surface area contributed by atoms with E-state index in [1.54, 1.807) is 0 Å². The molecule has 5 nitrogen and oxygen atoms in total. The zero-order valence-corrected chi connectivity index (χ0v) is 13.0. The fraction of sp³-hybridized carbons (Fsp3) is 0.462. The van der Waals surface area contributed by atoms with Crippen molar-refractivity contribution in [2.45, 2.75) is 37.8 Å². The summed E-state index contributed by atoms with van der Waals surface area (Å²) >= 11 is 1.46. The number of imidazole rings is 1. The van der Waals surface area contributed by atoms with Crippen molar-refractivity contribution in [1.82, 2.24) is 19.5 Å². The number of aromatic nitrogens is 4. The molecule has 6 heteroatoms. The van der Waals surface area contributed by atoms with Crippen LogP contribution in [-0.2, 0) is 0 Å². The van der Waals surface area contributed by atoms with Crippen LogP contribution in [0.3, 0.4) is 0 Å². The summed E-state index contributed by atoms with van der Waals surface area (Å²) in [4.78, 5) is 13.7. The monoisotopic (exact) mass is 317 g/mol. The fourth-order valence-electron chi connectivity index (χ4n) is 2.55. The van der Waals surface area contributed by atoms with Crippen LogP contribution in [0, 0.1) is 0 Å². The van der Waals surface area contributed by atoms with Crippen molar-refractivity contribution in [3.63, 3.8) is 0 Å². The predicted octanol–water partition coefficient (Wildman–Crippen LogP) is 0.550. The van der Waals surface area contributed by atoms with Gasteiger partial charge in [0.1, 0.15) is 0 Å². The molecule has 1 fully saturated rings. The summed E-state index contributed by atoms with van der Waals surface area (Å²) in [7, 11) is 0. The van der Waals surface area contributed by atoms with Crippen molar-refractivity contribution < 1.29 is 0 Å². The zero-order valence-electron chi connectivity index (χ0n) is 10.6. The van der Waals surface area contributed by atoms with Gasteiger partial charge in [-0.25, -0.2) is 0 Å². The topological polar surface area (TPSA) is 55.6 Å². The van der Waals surface area contributed by atoms with Crippen molar-refractivity contribution in [2.24, 2.45) is 0 Å². The molecule has 2 aromatic heterocycles. The van der Waals surface area contributed by atoms with Gasteiger partial charge in [0.25, 0.3) is 0 Å². The van der Waals surface area contributed by atoms with Crippen LogP contribution < -0.4 is 9.93 Å². The van der Waals surface area contributed by atoms with Gasteiger partial charge in [0, 0.05) is 0 Å². The van der Waals surface area contributed by atoms with E-state index in [0.29, 0.717) is 12.1 Å². The summed E-state index contributed by atoms with van der Waals surface area (Å²) in [6.07, 6.45) is 11.2. The van der Waals surface area contributed by atoms with Gasteiger partial charge in [0.15, 0.2) is 0 Å². The molecule has 0 aliphatic heterocycles. The molecule has 4 rings (SSSR count). The Hall–Kier alpha value is -1.35. The van der Waals surface area contributed by atoms with E-state index in [2.05, 4.69) is 37.0 Å². The molecule has 1 saturated carbocycles. The van der Waals surface area contributed by atoms with Crippen molar-refractivity contribution in [2.75, 3.05) is 5.32 Å². The van der Waals surface area contributed by atoms with Crippen LogP contribution in [-0.4, -0.2) is 42.4 Å². The Balaban J connectivity index is 1.83. The fourth-order valence-corrected chi connectivity index (χ4v) is 3.07. The number of nitrogens with one attached hydrogen (secondary N) is 1. The molecule has 2 atom stereocenters. The third-order valence-electron chi connectivity index (χ3n) is 3.70. The van der Waals surface area contributed by atoms with Crippen molar-refractivity contribution in [3.8, 4) is 0 Å². The first-order chi connectivity index (χ1) is 9.31. The van der Waals surface area contributed by atoms with E-state index in [0.717, 1.165) is 34.4 Å². The van der Waals surface area contributed by atoms with Gasteiger partial charge in [-0.1, -0.05) is 0 Å². The number of allylic oxidation sites excluding steroid dienone is 2. The molecule has 1 N–H and O–H groups in total. The summed E-state index contributed by atoms with van der Waals surface area (Å²) in [6, 6.07) is 0.988. The zero-order chi connectivity index (χ0) is 12.8. The summed E-state index contributed by atoms with van der Waals surface area (Å²) < 4.78 is 3.05. The molecule has 2 aliphatic rings. The molecule has 0 aromatic carbocycles. The van der Waals surface area contributed by atoms with Gasteiger partial charge in [-0.15, -0.1) is 0 Å². The molecule has 2 aromatic rings. The first kappa shape index (κ1) is 11.5. The standard InChI is InChI=1S/C13H16AsN5/c14-13-17-11(16-8-5-6-8)10-12(18-13)19(7-15-10)9-3-1-2-4-9/h1,3,7-9H,2,4-6,14H2,(H,16,17,18). The Morgan fingerprint density at radius 1 is 1.26 bits per heavy atom. The predicted molar refractivity (Wildman–Crippen MR) is 77.6 cm³/mol. The van der Waals surface area contributed by atoms with Crippen LogP contribution >= 0.6 is 0 Å². The molecule has 0 bridgehead atoms. The molecule has 0 radical (unpaired) electrons. The van der Waals surface area contributed by atoms with E-state index in [4.69, 9.17) is 0 Å². The van der Waals surface area contributed by atoms with E-state index >= 15 is 0 Å². The van der Waals surface area contributed by atoms with Crippen LogP contribution in [0.5, 0.6) is 0 Å². The number of fused-ring (bicyclic) bond motifs is 1. The number of rotatable bonds is 3. The van der Waals surface area contributed by atoms with Gasteiger partial charge in [-0.2, -0.15) is 0 Å². The Morgan fingerprint density at radius 3 is 2.89 bits per heavy atom. The summed E-state index contributed by atoms with van der Waals surface area (Å²) in [6.45, 7) is 0. The average Bonchev–Trinajstić information content (AvgIpc) is 2.91. The van der Waals surface area contributed by atoms with Gasteiger partial charge in [-0.05, 0) is 0 Å². The second-order valence-electron chi connectivity index (χ2n) is 5.25. The van der Waals surface area contributed by atoms with Gasteiger partial charge < -0.3 is 0 Å². The third kappa shape index (κ3) is 2.06. The van der Waals surface area contributed by atoms with Crippen molar-refractivity contribution in [3.05, 3.63) is 18.5 Å². The Kier molecular flexibility index (Phi) is 2.62. The number of hydrogen-bond acceptors (Lipinski definition) is 4. The third-order valence-corrected chi connectivity index (χ3v) is 4.24. The average molecular weight is 317 g/mol. The number of anilines is 1. The Bertz CT molecular complexity index is 658. The van der Waals surface area contributed by atoms with Crippen LogP contribution in [0.2, 0.25) is 0 Å². The van der Waals surface area contributed by atoms with Gasteiger partial charge in [0.05, 0.1) is 0 Å². The van der Waals surface area contributed by atoms with Crippen LogP contribution in [0.1, 0.15) is 31.7 Å². The molecule has 2 aliphatic carbocycles. The number of nitrogens with zero attached hydrogens (tertiary/aromatic N) is 4. The normalized spacial score (nSPS) is 22.3. The molecule has 19 heavy (non-hydrogen) atoms. The van der Waals surface area contributed by atoms with E-state index in [-0.39, 0.29) is 0 Å². The first-order valence-electron chi connectivity index (χ1n) is 6.74. The molecule has 2 heterocycles. The summed E-state index contributed by atoms with van der Waals surface area (Å²) in [5.74, 6) is 0.910. The molecule has 98 valence electrons. The SMILES string of the molecule is [AsH2]c1nc(NC2CC2)c2ncn(C3C=CCC3)c2n1. The van der Waals surface area contributed by atoms with E-state index < -0.39 is 0 Å². The van der Waals surface area contributed by atoms with Crippen molar-refractivity contribution >= 4 is 38.4 Å². The molecule has 2 unspecified atom stereocenters. The van der Waals surface area contributed by atoms with Gasteiger partial charge in [0.2, 0.25) is 0 Å². The van der Waals surface area contributed by atoms with Gasteiger partial charge in [-0.3, -0.25) is 0 Å². The minimum atomic E-state index is 0.403. The molecular formula is C13H16AsN5. The number of hydrogen-bond donors (Lipinski definition) is 1. The van der Waals surface area contributed by atoms with Crippen LogP contribution in [0.4, 0.5) is 5.82 Å². The molecule has 0 saturated heterocycles. The van der Waals surface area contributed by atoms with Crippen LogP contribution in [0.25, 0.3) is 11.2 Å². The van der Waals surface area contributed by atoms with Crippen molar-refractivity contribution in [1.29, 1.82) is 0 Å². The quantitative estimate of drug-likeness (QED) is 0.663. The van der Waals surface area contributed by atoms with Gasteiger partial charge >= 0.3 is 120 Å². The Morgan fingerprint density at radius 2 is 2.16 bits per heavy atom. The molecule has 0 amide bonds. The molecule has 0 spiro atoms. The second-order valence-corrected chi connectivity index (χ2v) is 6.33. The first-order valence-corrected chi connectivity index (χ1v) is 7.95. The maximum absolute atomic E-state index is 4.61. The second kappa shape index (κ2) is 4.34. The Labute approximate surface area is 120 Å². The van der Waals surface area contributed by atoms with Crippen LogP contribution in [0.15, 0.2) is 18.5 Å². The minimum absolute atomic E-state index is 0.403. The molecular weight excluding hydrogens is 301 g/mol. The van der Waals surface area contributed by atoms with E-state index in [1.807, 2.05) is 6.33 Å². The maximum atomic E-state index is 4.61. The van der Waals surface area contributed by atoms with E-state index in [1.165, 1.54) is 29.7 Å².